The van der Waals surface area contributed by atoms with E-state index in [0.717, 1.165) is 11.1 Å². The average Bonchev–Trinajstić information content (AvgIpc) is 3.29. The van der Waals surface area contributed by atoms with Crippen LogP contribution in [0.25, 0.3) is 22.3 Å². The third kappa shape index (κ3) is 13.3. The Morgan fingerprint density at radius 2 is 1.49 bits per heavy atom. The first-order chi connectivity index (χ1) is 31.1. The molecule has 5 atom stereocenters. The van der Waals surface area contributed by atoms with Gasteiger partial charge in [-0.25, -0.2) is 0 Å². The molecule has 0 saturated carbocycles. The summed E-state index contributed by atoms with van der Waals surface area (Å²) in [6, 6.07) is 21.5. The van der Waals surface area contributed by atoms with Gasteiger partial charge in [0.25, 0.3) is 0 Å². The molecule has 4 aromatic carbocycles. The van der Waals surface area contributed by atoms with E-state index in [2.05, 4.69) is 10.6 Å². The first kappa shape index (κ1) is 50.1. The number of nitrogens with one attached hydrogen (secondary N) is 2. The zero-order valence-corrected chi connectivity index (χ0v) is 38.2. The highest BCUT2D eigenvalue weighted by molar-refractivity contribution is 6.30. The predicted molar refractivity (Wildman–Crippen MR) is 249 cm³/mol. The Morgan fingerprint density at radius 1 is 0.862 bits per heavy atom. The van der Waals surface area contributed by atoms with Crippen LogP contribution >= 0.6 is 11.6 Å². The molecule has 0 fully saturated rings. The van der Waals surface area contributed by atoms with Gasteiger partial charge in [-0.15, -0.1) is 0 Å². The summed E-state index contributed by atoms with van der Waals surface area (Å²) in [6.07, 6.45) is 1.06. The second-order valence-corrected chi connectivity index (χ2v) is 17.0. The Morgan fingerprint density at radius 3 is 2.12 bits per heavy atom. The van der Waals surface area contributed by atoms with Crippen molar-refractivity contribution in [3.05, 3.63) is 107 Å². The topological polar surface area (TPSA) is 220 Å². The lowest BCUT2D eigenvalue weighted by atomic mass is 9.88. The molecule has 0 saturated heterocycles. The van der Waals surface area contributed by atoms with Crippen LogP contribution in [0.1, 0.15) is 80.4 Å². The third-order valence-electron chi connectivity index (χ3n) is 11.6. The van der Waals surface area contributed by atoms with Crippen LogP contribution in [0.2, 0.25) is 5.02 Å². The highest BCUT2D eigenvalue weighted by Crippen LogP contribution is 2.41. The SMILES string of the molecule is CC(=O)[C@H](C)NC(=O)[C@@H]1Cc2ccc(OCCO)c(c2)-c2cc(ccc2OCCN)[C@H](N(C)C(=O)[C@H](CCCCN)CC(=O)c2ccc(-c3ccc(Cl)cc3)cc2)C(=O)C[C@@H](C)C(=O)N1. The van der Waals surface area contributed by atoms with Crippen molar-refractivity contribution in [2.75, 3.05) is 40.0 Å². The molecule has 0 aliphatic carbocycles. The maximum Gasteiger partial charge on any atom is 0.243 e. The zero-order valence-electron chi connectivity index (χ0n) is 37.4. The standard InChI is InChI=1S/C50H60ClN5O9/c1-30-25-44(60)47(56(4)50(63)38(7-5-6-20-52)29-43(59)36-11-9-34(10-12-36)35-13-16-39(51)17-14-35)37-15-19-46(64-23-21-53)41(28-37)40-26-33(8-18-45(40)65-24-22-57)27-42(55-48(30)61)49(62)54-31(2)32(3)58/h8-19,26,28,30-31,38,42,47,57H,5-7,20-25,27,29,52-53H2,1-4H3,(H,54,62)(H,55,61)/t30-,31+,38-,42+,47+/m1/s1. The second-order valence-electron chi connectivity index (χ2n) is 16.5. The molecule has 346 valence electrons. The van der Waals surface area contributed by atoms with E-state index in [1.807, 2.05) is 24.3 Å². The van der Waals surface area contributed by atoms with E-state index in [1.165, 1.54) is 18.9 Å². The van der Waals surface area contributed by atoms with Gasteiger partial charge in [0.2, 0.25) is 17.7 Å². The Bertz CT molecular complexity index is 2320. The van der Waals surface area contributed by atoms with Crippen molar-refractivity contribution < 1.29 is 43.3 Å². The summed E-state index contributed by atoms with van der Waals surface area (Å²) in [6.45, 7) is 4.85. The lowest BCUT2D eigenvalue weighted by molar-refractivity contribution is -0.142. The van der Waals surface area contributed by atoms with Gasteiger partial charge in [0, 0.05) is 66.4 Å². The number of nitrogens with zero attached hydrogens (tertiary/aromatic N) is 1. The number of halogens is 1. The number of benzene rings is 4. The predicted octanol–water partition coefficient (Wildman–Crippen LogP) is 5.63. The molecule has 3 amide bonds. The van der Waals surface area contributed by atoms with Gasteiger partial charge < -0.3 is 41.6 Å². The Balaban J connectivity index is 1.59. The molecular weight excluding hydrogens is 850 g/mol. The lowest BCUT2D eigenvalue weighted by Gasteiger charge is -2.32. The molecule has 4 aromatic rings. The number of amides is 3. The van der Waals surface area contributed by atoms with Crippen LogP contribution in [-0.4, -0.2) is 97.1 Å². The smallest absolute Gasteiger partial charge is 0.243 e. The maximum atomic E-state index is 14.9. The summed E-state index contributed by atoms with van der Waals surface area (Å²) in [4.78, 5) is 84.7. The molecule has 1 aliphatic rings. The van der Waals surface area contributed by atoms with Crippen LogP contribution in [0.4, 0.5) is 0 Å². The Kier molecular flexibility index (Phi) is 18.4. The molecule has 1 heterocycles. The summed E-state index contributed by atoms with van der Waals surface area (Å²) < 4.78 is 12.1. The van der Waals surface area contributed by atoms with Crippen molar-refractivity contribution in [3.63, 3.8) is 0 Å². The Hall–Kier alpha value is -5.93. The van der Waals surface area contributed by atoms with Crippen LogP contribution in [0, 0.1) is 11.8 Å². The monoisotopic (exact) mass is 909 g/mol. The average molecular weight is 911 g/mol. The van der Waals surface area contributed by atoms with Crippen LogP contribution in [0.3, 0.4) is 0 Å². The number of fused-ring (bicyclic) bond motifs is 5. The first-order valence-corrected chi connectivity index (χ1v) is 22.4. The number of aliphatic hydroxyl groups excluding tert-OH is 1. The number of hydrogen-bond acceptors (Lipinski definition) is 11. The van der Waals surface area contributed by atoms with E-state index < -0.39 is 53.5 Å². The largest absolute Gasteiger partial charge is 0.492 e. The van der Waals surface area contributed by atoms with E-state index in [9.17, 15) is 33.9 Å². The van der Waals surface area contributed by atoms with Crippen LogP contribution in [0.15, 0.2) is 84.9 Å². The van der Waals surface area contributed by atoms with Crippen LogP contribution in [0.5, 0.6) is 11.5 Å². The van der Waals surface area contributed by atoms with E-state index >= 15 is 0 Å². The molecule has 0 radical (unpaired) electrons. The fourth-order valence-electron chi connectivity index (χ4n) is 7.82. The van der Waals surface area contributed by atoms with Crippen molar-refractivity contribution in [2.45, 2.75) is 77.4 Å². The fraction of sp³-hybridized carbons (Fsp3) is 0.400. The number of Topliss-reactive ketones (excluding diaryl/α,β-unsaturated/α-hetero) is 3. The number of nitrogens with two attached hydrogens (primary N) is 2. The van der Waals surface area contributed by atoms with E-state index in [-0.39, 0.29) is 57.2 Å². The summed E-state index contributed by atoms with van der Waals surface area (Å²) in [5, 5.41) is 15.8. The van der Waals surface area contributed by atoms with Gasteiger partial charge in [0.1, 0.15) is 36.8 Å². The van der Waals surface area contributed by atoms with Crippen molar-refractivity contribution >= 4 is 46.7 Å². The zero-order chi connectivity index (χ0) is 47.2. The quantitative estimate of drug-likeness (QED) is 0.0573. The number of hydrogen-bond donors (Lipinski definition) is 5. The van der Waals surface area contributed by atoms with Crippen LogP contribution < -0.4 is 31.6 Å². The molecule has 1 aliphatic heterocycles. The molecule has 0 aromatic heterocycles. The molecule has 0 unspecified atom stereocenters. The number of carbonyl (C=O) groups excluding carboxylic acids is 6. The summed E-state index contributed by atoms with van der Waals surface area (Å²) in [7, 11) is 1.52. The number of carbonyl (C=O) groups is 6. The van der Waals surface area contributed by atoms with Gasteiger partial charge in [0.05, 0.1) is 12.6 Å². The van der Waals surface area contributed by atoms with Gasteiger partial charge in [-0.3, -0.25) is 28.8 Å². The van der Waals surface area contributed by atoms with E-state index in [0.29, 0.717) is 70.1 Å². The molecule has 15 heteroatoms. The van der Waals surface area contributed by atoms with E-state index in [1.54, 1.807) is 74.5 Å². The minimum atomic E-state index is -1.24. The molecular formula is C50H60ClN5O9. The number of aliphatic hydroxyl groups is 1. The fourth-order valence-corrected chi connectivity index (χ4v) is 7.95. The van der Waals surface area contributed by atoms with Crippen LogP contribution in [-0.2, 0) is 30.4 Å². The summed E-state index contributed by atoms with van der Waals surface area (Å²) >= 11 is 6.08. The van der Waals surface area contributed by atoms with Gasteiger partial charge in [0.15, 0.2) is 17.3 Å². The van der Waals surface area contributed by atoms with Crippen molar-refractivity contribution in [1.82, 2.24) is 15.5 Å². The maximum absolute atomic E-state index is 14.9. The third-order valence-corrected chi connectivity index (χ3v) is 11.8. The van der Waals surface area contributed by atoms with Crippen molar-refractivity contribution in [3.8, 4) is 33.8 Å². The number of unbranched alkanes of at least 4 members (excludes halogenated alkanes) is 1. The normalized spacial score (nSPS) is 17.2. The number of ether oxygens (including phenoxy) is 2. The number of ketones is 3. The van der Waals surface area contributed by atoms with Gasteiger partial charge in [-0.1, -0.05) is 73.5 Å². The molecule has 4 bridgehead atoms. The second kappa shape index (κ2) is 23.8. The first-order valence-electron chi connectivity index (χ1n) is 22.0. The minimum absolute atomic E-state index is 0.00541. The molecule has 0 spiro atoms. The molecule has 5 rings (SSSR count). The minimum Gasteiger partial charge on any atom is -0.492 e. The van der Waals surface area contributed by atoms with Gasteiger partial charge in [-0.2, -0.15) is 0 Å². The van der Waals surface area contributed by atoms with Crippen molar-refractivity contribution in [2.24, 2.45) is 23.3 Å². The Labute approximate surface area is 385 Å². The lowest BCUT2D eigenvalue weighted by Crippen LogP contribution is -2.52. The highest BCUT2D eigenvalue weighted by Gasteiger charge is 2.36. The summed E-state index contributed by atoms with van der Waals surface area (Å²) in [5.41, 5.74) is 15.9. The van der Waals surface area contributed by atoms with Gasteiger partial charge >= 0.3 is 0 Å². The molecule has 65 heavy (non-hydrogen) atoms. The van der Waals surface area contributed by atoms with E-state index in [4.69, 9.17) is 32.5 Å². The number of rotatable bonds is 19. The molecule has 7 N–H and O–H groups in total. The van der Waals surface area contributed by atoms with Crippen molar-refractivity contribution in [1.29, 1.82) is 0 Å². The van der Waals surface area contributed by atoms with Gasteiger partial charge in [-0.05, 0) is 91.9 Å². The summed E-state index contributed by atoms with van der Waals surface area (Å²) in [5.74, 6) is -3.66. The highest BCUT2D eigenvalue weighted by atomic mass is 35.5. The molecule has 14 nitrogen and oxygen atoms in total. The number of likely N-dealkylation sites (N-methyl/N-ethyl adjacent to an activating group) is 1.